The van der Waals surface area contributed by atoms with Crippen molar-refractivity contribution in [2.24, 2.45) is 5.73 Å². The lowest BCUT2D eigenvalue weighted by molar-refractivity contribution is 0.102. The van der Waals surface area contributed by atoms with Gasteiger partial charge in [0.2, 0.25) is 0 Å². The molecule has 0 aliphatic heterocycles. The van der Waals surface area contributed by atoms with Gasteiger partial charge in [-0.25, -0.2) is 4.79 Å². The molecule has 0 heterocycles. The number of primary amides is 1. The van der Waals surface area contributed by atoms with Crippen LogP contribution in [0.25, 0.3) is 0 Å². The number of halogens is 2. The number of urea groups is 1. The van der Waals surface area contributed by atoms with Crippen molar-refractivity contribution in [2.75, 3.05) is 10.6 Å². The van der Waals surface area contributed by atoms with E-state index in [0.717, 1.165) is 0 Å². The molecule has 0 saturated heterocycles. The molecule has 0 atom stereocenters. The Morgan fingerprint density at radius 2 is 1.71 bits per heavy atom. The molecule has 2 aromatic rings. The third kappa shape index (κ3) is 4.21. The average Bonchev–Trinajstić information content (AvgIpc) is 2.37. The second-order valence-corrected chi connectivity index (χ2v) is 5.44. The van der Waals surface area contributed by atoms with Gasteiger partial charge in [0.1, 0.15) is 0 Å². The molecule has 2 rings (SSSR count). The second-order valence-electron chi connectivity index (χ2n) is 4.15. The van der Waals surface area contributed by atoms with Gasteiger partial charge in [-0.3, -0.25) is 4.79 Å². The third-order valence-corrected chi connectivity index (χ3v) is 3.45. The van der Waals surface area contributed by atoms with Crippen LogP contribution in [0, 0.1) is 0 Å². The van der Waals surface area contributed by atoms with Gasteiger partial charge in [0.25, 0.3) is 5.91 Å². The molecule has 0 saturated carbocycles. The van der Waals surface area contributed by atoms with Crippen LogP contribution in [0.5, 0.6) is 0 Å². The Morgan fingerprint density at radius 3 is 2.33 bits per heavy atom. The fourth-order valence-electron chi connectivity index (χ4n) is 1.69. The first-order chi connectivity index (χ1) is 9.95. The van der Waals surface area contributed by atoms with Crippen LogP contribution in [0.3, 0.4) is 0 Å². The van der Waals surface area contributed by atoms with Gasteiger partial charge in [-0.2, -0.15) is 0 Å². The summed E-state index contributed by atoms with van der Waals surface area (Å²) in [6.45, 7) is 0. The standard InChI is InChI=1S/C14H11BrClN3O2/c15-12-6-8(16)4-5-11(12)13(20)18-9-2-1-3-10(7-9)19-14(17)21/h1-7H,(H,18,20)(H3,17,19,21). The minimum atomic E-state index is -0.668. The topological polar surface area (TPSA) is 84.2 Å². The largest absolute Gasteiger partial charge is 0.351 e. The summed E-state index contributed by atoms with van der Waals surface area (Å²) >= 11 is 9.13. The maximum Gasteiger partial charge on any atom is 0.316 e. The number of hydrogen-bond donors (Lipinski definition) is 3. The zero-order valence-electron chi connectivity index (χ0n) is 10.7. The van der Waals surface area contributed by atoms with Crippen LogP contribution in [0.1, 0.15) is 10.4 Å². The van der Waals surface area contributed by atoms with E-state index in [1.165, 1.54) is 0 Å². The van der Waals surface area contributed by atoms with Crippen LogP contribution in [-0.4, -0.2) is 11.9 Å². The maximum absolute atomic E-state index is 12.2. The predicted molar refractivity (Wildman–Crippen MR) is 86.8 cm³/mol. The Hall–Kier alpha value is -2.05. The number of anilines is 2. The van der Waals surface area contributed by atoms with Crippen molar-refractivity contribution in [3.05, 3.63) is 57.5 Å². The minimum absolute atomic E-state index is 0.297. The van der Waals surface area contributed by atoms with E-state index in [0.29, 0.717) is 26.4 Å². The Balaban J connectivity index is 2.17. The van der Waals surface area contributed by atoms with E-state index in [2.05, 4.69) is 26.6 Å². The van der Waals surface area contributed by atoms with Crippen molar-refractivity contribution < 1.29 is 9.59 Å². The molecule has 108 valence electrons. The molecule has 0 aliphatic carbocycles. The van der Waals surface area contributed by atoms with Gasteiger partial charge in [0.15, 0.2) is 0 Å². The summed E-state index contributed by atoms with van der Waals surface area (Å²) in [5.41, 5.74) is 6.53. The molecule has 3 amide bonds. The monoisotopic (exact) mass is 367 g/mol. The zero-order valence-corrected chi connectivity index (χ0v) is 13.0. The summed E-state index contributed by atoms with van der Waals surface area (Å²) in [6, 6.07) is 10.9. The molecule has 7 heteroatoms. The molecule has 0 spiro atoms. The van der Waals surface area contributed by atoms with E-state index in [1.807, 2.05) is 0 Å². The lowest BCUT2D eigenvalue weighted by Gasteiger charge is -2.09. The van der Waals surface area contributed by atoms with Crippen molar-refractivity contribution >= 4 is 50.8 Å². The van der Waals surface area contributed by atoms with E-state index in [1.54, 1.807) is 42.5 Å². The van der Waals surface area contributed by atoms with Gasteiger partial charge in [-0.15, -0.1) is 0 Å². The first kappa shape index (κ1) is 15.3. The molecule has 21 heavy (non-hydrogen) atoms. The highest BCUT2D eigenvalue weighted by Gasteiger charge is 2.11. The quantitative estimate of drug-likeness (QED) is 0.769. The van der Waals surface area contributed by atoms with E-state index in [-0.39, 0.29) is 5.91 Å². The van der Waals surface area contributed by atoms with Crippen molar-refractivity contribution in [1.29, 1.82) is 0 Å². The second kappa shape index (κ2) is 6.60. The number of amides is 3. The van der Waals surface area contributed by atoms with Crippen LogP contribution in [0.4, 0.5) is 16.2 Å². The van der Waals surface area contributed by atoms with Gasteiger partial charge >= 0.3 is 6.03 Å². The van der Waals surface area contributed by atoms with E-state index in [4.69, 9.17) is 17.3 Å². The van der Waals surface area contributed by atoms with Crippen LogP contribution in [0.15, 0.2) is 46.9 Å². The summed E-state index contributed by atoms with van der Waals surface area (Å²) in [5, 5.41) is 5.70. The van der Waals surface area contributed by atoms with Gasteiger partial charge < -0.3 is 16.4 Å². The highest BCUT2D eigenvalue weighted by atomic mass is 79.9. The number of carbonyl (C=O) groups excluding carboxylic acids is 2. The van der Waals surface area contributed by atoms with E-state index in [9.17, 15) is 9.59 Å². The molecular formula is C14H11BrClN3O2. The summed E-state index contributed by atoms with van der Waals surface area (Å²) in [4.78, 5) is 23.0. The lowest BCUT2D eigenvalue weighted by atomic mass is 10.2. The molecule has 2 aromatic carbocycles. The fourth-order valence-corrected chi connectivity index (χ4v) is 2.55. The highest BCUT2D eigenvalue weighted by Crippen LogP contribution is 2.23. The molecule has 0 aromatic heterocycles. The number of rotatable bonds is 3. The molecule has 4 N–H and O–H groups in total. The molecule has 0 aliphatic rings. The van der Waals surface area contributed by atoms with Crippen LogP contribution >= 0.6 is 27.5 Å². The van der Waals surface area contributed by atoms with Crippen molar-refractivity contribution in [3.63, 3.8) is 0 Å². The summed E-state index contributed by atoms with van der Waals surface area (Å²) < 4.78 is 0.596. The first-order valence-electron chi connectivity index (χ1n) is 5.88. The molecule has 0 unspecified atom stereocenters. The third-order valence-electron chi connectivity index (χ3n) is 2.56. The summed E-state index contributed by atoms with van der Waals surface area (Å²) in [6.07, 6.45) is 0. The molecule has 5 nitrogen and oxygen atoms in total. The summed E-state index contributed by atoms with van der Waals surface area (Å²) in [7, 11) is 0. The number of carbonyl (C=O) groups is 2. The Kier molecular flexibility index (Phi) is 4.82. The number of hydrogen-bond acceptors (Lipinski definition) is 2. The van der Waals surface area contributed by atoms with E-state index < -0.39 is 6.03 Å². The average molecular weight is 369 g/mol. The molecular weight excluding hydrogens is 358 g/mol. The van der Waals surface area contributed by atoms with Gasteiger partial charge in [-0.05, 0) is 52.3 Å². The lowest BCUT2D eigenvalue weighted by Crippen LogP contribution is -2.19. The van der Waals surface area contributed by atoms with Gasteiger partial charge in [0.05, 0.1) is 5.56 Å². The van der Waals surface area contributed by atoms with Gasteiger partial charge in [-0.1, -0.05) is 17.7 Å². The van der Waals surface area contributed by atoms with Crippen LogP contribution in [0.2, 0.25) is 5.02 Å². The molecule has 0 bridgehead atoms. The predicted octanol–water partition coefficient (Wildman–Crippen LogP) is 3.85. The fraction of sp³-hybridized carbons (Fsp3) is 0. The maximum atomic E-state index is 12.2. The normalized spacial score (nSPS) is 10.0. The first-order valence-corrected chi connectivity index (χ1v) is 7.06. The zero-order chi connectivity index (χ0) is 15.4. The van der Waals surface area contributed by atoms with E-state index >= 15 is 0 Å². The number of benzene rings is 2. The Morgan fingerprint density at radius 1 is 1.05 bits per heavy atom. The Bertz CT molecular complexity index is 706. The van der Waals surface area contributed by atoms with Crippen LogP contribution in [-0.2, 0) is 0 Å². The van der Waals surface area contributed by atoms with Crippen molar-refractivity contribution in [3.8, 4) is 0 Å². The SMILES string of the molecule is NC(=O)Nc1cccc(NC(=O)c2ccc(Cl)cc2Br)c1. The van der Waals surface area contributed by atoms with Crippen molar-refractivity contribution in [1.82, 2.24) is 0 Å². The minimum Gasteiger partial charge on any atom is -0.351 e. The molecule has 0 fully saturated rings. The highest BCUT2D eigenvalue weighted by molar-refractivity contribution is 9.10. The number of nitrogens with one attached hydrogen (secondary N) is 2. The van der Waals surface area contributed by atoms with Crippen molar-refractivity contribution in [2.45, 2.75) is 0 Å². The van der Waals surface area contributed by atoms with Gasteiger partial charge in [0, 0.05) is 20.9 Å². The Labute approximate surface area is 134 Å². The van der Waals surface area contributed by atoms with Crippen LogP contribution < -0.4 is 16.4 Å². The number of nitrogens with two attached hydrogens (primary N) is 1. The smallest absolute Gasteiger partial charge is 0.316 e. The molecule has 0 radical (unpaired) electrons. The summed E-state index contributed by atoms with van der Waals surface area (Å²) in [5.74, 6) is -0.297.